The summed E-state index contributed by atoms with van der Waals surface area (Å²) < 4.78 is 18.2. The molecule has 0 aromatic heterocycles. The molecule has 0 radical (unpaired) electrons. The average molecular weight is 603 g/mol. The maximum atomic E-state index is 14.4. The highest BCUT2D eigenvalue weighted by Gasteiger charge is 2.43. The Morgan fingerprint density at radius 3 is 2.05 bits per heavy atom. The fraction of sp³-hybridized carbons (Fsp3) is 0.265. The summed E-state index contributed by atoms with van der Waals surface area (Å²) in [5.74, 6) is -1.78. The number of fused-ring (bicyclic) bond motifs is 2. The van der Waals surface area contributed by atoms with E-state index in [0.29, 0.717) is 52.1 Å². The number of Topliss-reactive ketones (excluding diaryl/α,β-unsaturated/α-hetero) is 1. The van der Waals surface area contributed by atoms with Crippen LogP contribution in [0, 0.1) is 6.92 Å². The van der Waals surface area contributed by atoms with Gasteiger partial charge in [0.05, 0.1) is 11.1 Å². The summed E-state index contributed by atoms with van der Waals surface area (Å²) in [6, 6.07) is 18.0. The van der Waals surface area contributed by atoms with E-state index in [1.165, 1.54) is 6.07 Å². The van der Waals surface area contributed by atoms with Crippen molar-refractivity contribution in [3.8, 4) is 11.5 Å². The van der Waals surface area contributed by atoms with E-state index in [1.54, 1.807) is 31.2 Å². The summed E-state index contributed by atoms with van der Waals surface area (Å²) in [4.78, 5) is 37.3. The van der Waals surface area contributed by atoms with Gasteiger partial charge in [0.25, 0.3) is 0 Å². The molecule has 0 amide bonds. The van der Waals surface area contributed by atoms with E-state index in [0.717, 1.165) is 21.9 Å². The molecule has 1 atom stereocenters. The minimum atomic E-state index is -1.38. The lowest BCUT2D eigenvalue weighted by Gasteiger charge is -2.37. The molecule has 1 unspecified atom stereocenters. The third-order valence-electron chi connectivity index (χ3n) is 7.78. The van der Waals surface area contributed by atoms with E-state index >= 15 is 0 Å². The molecule has 9 heteroatoms. The smallest absolute Gasteiger partial charge is 0.341 e. The molecule has 0 bridgehead atoms. The van der Waals surface area contributed by atoms with E-state index in [2.05, 4.69) is 0 Å². The van der Waals surface area contributed by atoms with Crippen LogP contribution in [-0.4, -0.2) is 46.7 Å². The number of ketones is 1. The Morgan fingerprint density at radius 2 is 1.44 bits per heavy atom. The molecule has 0 spiro atoms. The van der Waals surface area contributed by atoms with Crippen molar-refractivity contribution in [3.63, 3.8) is 0 Å². The van der Waals surface area contributed by atoms with Gasteiger partial charge in [0, 0.05) is 21.2 Å². The Labute approximate surface area is 253 Å². The molecule has 8 nitrogen and oxygen atoms in total. The number of hydrogen-bond acceptors (Lipinski definition) is 6. The van der Waals surface area contributed by atoms with Crippen molar-refractivity contribution in [2.24, 2.45) is 0 Å². The summed E-state index contributed by atoms with van der Waals surface area (Å²) >= 11 is 6.61. The van der Waals surface area contributed by atoms with E-state index < -0.39 is 36.5 Å². The van der Waals surface area contributed by atoms with Gasteiger partial charge in [0.15, 0.2) is 18.8 Å². The molecule has 1 aliphatic heterocycles. The largest absolute Gasteiger partial charge is 0.480 e. The lowest BCUT2D eigenvalue weighted by atomic mass is 9.83. The number of ether oxygens (including phenoxy) is 3. The van der Waals surface area contributed by atoms with Gasteiger partial charge < -0.3 is 24.4 Å². The fourth-order valence-electron chi connectivity index (χ4n) is 5.63. The van der Waals surface area contributed by atoms with Gasteiger partial charge in [-0.05, 0) is 61.8 Å². The van der Waals surface area contributed by atoms with E-state index in [4.69, 9.17) is 25.8 Å². The zero-order valence-electron chi connectivity index (χ0n) is 24.0. The summed E-state index contributed by atoms with van der Waals surface area (Å²) in [6.45, 7) is 4.45. The van der Waals surface area contributed by atoms with Gasteiger partial charge in [0.2, 0.25) is 5.78 Å². The number of halogens is 1. The molecule has 5 rings (SSSR count). The lowest BCUT2D eigenvalue weighted by molar-refractivity contribution is -0.140. The van der Waals surface area contributed by atoms with Gasteiger partial charge in [-0.1, -0.05) is 67.1 Å². The first-order chi connectivity index (χ1) is 20.5. The van der Waals surface area contributed by atoms with Gasteiger partial charge in [-0.2, -0.15) is 0 Å². The van der Waals surface area contributed by atoms with Crippen LogP contribution >= 0.6 is 11.6 Å². The number of carbonyl (C=O) groups excluding carboxylic acids is 1. The van der Waals surface area contributed by atoms with Gasteiger partial charge in [-0.15, -0.1) is 0 Å². The molecule has 4 aromatic rings. The van der Waals surface area contributed by atoms with Crippen LogP contribution in [0.15, 0.2) is 66.2 Å². The maximum Gasteiger partial charge on any atom is 0.341 e. The average Bonchev–Trinajstić information content (AvgIpc) is 2.99. The fourth-order valence-corrected chi connectivity index (χ4v) is 5.90. The number of hydrogen-bond donors (Lipinski definition) is 2. The number of rotatable bonds is 10. The van der Waals surface area contributed by atoms with Crippen molar-refractivity contribution >= 4 is 56.6 Å². The molecule has 1 aliphatic rings. The highest BCUT2D eigenvalue weighted by atomic mass is 35.5. The molecule has 222 valence electrons. The van der Waals surface area contributed by atoms with E-state index in [9.17, 15) is 24.6 Å². The minimum absolute atomic E-state index is 0.115. The second kappa shape index (κ2) is 12.0. The Bertz CT molecular complexity index is 1810. The van der Waals surface area contributed by atoms with Crippen molar-refractivity contribution in [1.82, 2.24) is 0 Å². The first kappa shape index (κ1) is 29.9. The normalized spacial score (nSPS) is 16.7. The molecule has 0 fully saturated rings. The third-order valence-corrected chi connectivity index (χ3v) is 8.09. The van der Waals surface area contributed by atoms with Crippen LogP contribution in [0.3, 0.4) is 0 Å². The van der Waals surface area contributed by atoms with Crippen LogP contribution in [0.25, 0.3) is 27.3 Å². The van der Waals surface area contributed by atoms with Crippen molar-refractivity contribution in [3.05, 3.63) is 87.9 Å². The topological polar surface area (TPSA) is 119 Å². The zero-order valence-corrected chi connectivity index (χ0v) is 24.8. The Balaban J connectivity index is 1.64. The molecule has 1 heterocycles. The van der Waals surface area contributed by atoms with Gasteiger partial charge in [-0.25, -0.2) is 9.59 Å². The second-order valence-electron chi connectivity index (χ2n) is 10.7. The van der Waals surface area contributed by atoms with Crippen LogP contribution in [0.2, 0.25) is 5.02 Å². The predicted octanol–water partition coefficient (Wildman–Crippen LogP) is 7.45. The van der Waals surface area contributed by atoms with Crippen molar-refractivity contribution in [1.29, 1.82) is 0 Å². The standard InChI is InChI=1S/C34H31ClO8/c1-4-20-13-14-34(3,33(40)26-16-27(35)22-10-6-8-12-24(22)32(26)42-18-29(38)39)43-30(20)25-15-19(2)21-9-5-7-11-23(21)31(25)41-17-28(36)37/h5-12,15-16H,4,13-14,17-18H2,1-3H3,(H,36,37)(H,38,39). The second-order valence-corrected chi connectivity index (χ2v) is 11.1. The zero-order chi connectivity index (χ0) is 30.9. The summed E-state index contributed by atoms with van der Waals surface area (Å²) in [6.07, 6.45) is 1.52. The number of carboxylic acids is 2. The number of benzene rings is 4. The van der Waals surface area contributed by atoms with Crippen LogP contribution in [0.5, 0.6) is 11.5 Å². The predicted molar refractivity (Wildman–Crippen MR) is 164 cm³/mol. The van der Waals surface area contributed by atoms with Crippen LogP contribution in [0.1, 0.15) is 54.6 Å². The van der Waals surface area contributed by atoms with Crippen molar-refractivity contribution < 1.29 is 38.8 Å². The first-order valence-corrected chi connectivity index (χ1v) is 14.3. The van der Waals surface area contributed by atoms with Crippen molar-refractivity contribution in [2.75, 3.05) is 13.2 Å². The lowest BCUT2D eigenvalue weighted by Crippen LogP contribution is -2.41. The Morgan fingerprint density at radius 1 is 0.884 bits per heavy atom. The SMILES string of the molecule is CCC1=C(c2cc(C)c3ccccc3c2OCC(=O)O)OC(C)(C(=O)c2cc(Cl)c3ccccc3c2OCC(=O)O)CC1. The number of carboxylic acid groups (broad SMARTS) is 2. The van der Waals surface area contributed by atoms with Gasteiger partial charge in [-0.3, -0.25) is 4.79 Å². The molecule has 0 saturated heterocycles. The molecule has 4 aromatic carbocycles. The molecular weight excluding hydrogens is 572 g/mol. The van der Waals surface area contributed by atoms with Crippen LogP contribution in [-0.2, 0) is 14.3 Å². The highest BCUT2D eigenvalue weighted by molar-refractivity contribution is 6.36. The summed E-state index contributed by atoms with van der Waals surface area (Å²) in [5, 5.41) is 21.8. The maximum absolute atomic E-state index is 14.4. The number of aryl methyl sites for hydroxylation is 1. The van der Waals surface area contributed by atoms with Crippen LogP contribution in [0.4, 0.5) is 0 Å². The summed E-state index contributed by atoms with van der Waals surface area (Å²) in [5.41, 5.74) is 1.18. The molecule has 0 saturated carbocycles. The van der Waals surface area contributed by atoms with Gasteiger partial charge >= 0.3 is 11.9 Å². The molecule has 43 heavy (non-hydrogen) atoms. The first-order valence-electron chi connectivity index (χ1n) is 13.9. The Hall–Kier alpha value is -4.56. The number of allylic oxidation sites excluding steroid dienone is 1. The molecule has 0 aliphatic carbocycles. The summed E-state index contributed by atoms with van der Waals surface area (Å²) in [7, 11) is 0. The van der Waals surface area contributed by atoms with E-state index in [-0.39, 0.29) is 11.3 Å². The van der Waals surface area contributed by atoms with Crippen molar-refractivity contribution in [2.45, 2.75) is 45.6 Å². The highest BCUT2D eigenvalue weighted by Crippen LogP contribution is 2.46. The van der Waals surface area contributed by atoms with E-state index in [1.807, 2.05) is 44.2 Å². The third kappa shape index (κ3) is 5.75. The quantitative estimate of drug-likeness (QED) is 0.180. The monoisotopic (exact) mass is 602 g/mol. The van der Waals surface area contributed by atoms with Gasteiger partial charge in [0.1, 0.15) is 17.3 Å². The molecule has 2 N–H and O–H groups in total. The van der Waals surface area contributed by atoms with Crippen LogP contribution < -0.4 is 9.47 Å². The number of aliphatic carboxylic acids is 2. The number of carbonyl (C=O) groups is 3. The Kier molecular flexibility index (Phi) is 8.33. The minimum Gasteiger partial charge on any atom is -0.480 e. The molecular formula is C34H31ClO8.